The molecule has 3 rings (SSSR count). The zero-order valence-corrected chi connectivity index (χ0v) is 17.0. The van der Waals surface area contributed by atoms with E-state index < -0.39 is 5.97 Å². The second-order valence-electron chi connectivity index (χ2n) is 6.69. The maximum atomic E-state index is 12.2. The summed E-state index contributed by atoms with van der Waals surface area (Å²) in [5.74, 6) is -0.835. The number of benzene rings is 2. The van der Waals surface area contributed by atoms with E-state index >= 15 is 0 Å². The van der Waals surface area contributed by atoms with Gasteiger partial charge in [-0.2, -0.15) is 5.26 Å². The molecule has 148 valence electrons. The molecular formula is C23H22N2O3S. The Hall–Kier alpha value is -3.04. The van der Waals surface area contributed by atoms with E-state index in [1.807, 2.05) is 54.6 Å². The summed E-state index contributed by atoms with van der Waals surface area (Å²) in [5, 5.41) is 12.9. The summed E-state index contributed by atoms with van der Waals surface area (Å²) in [6, 6.07) is 19.6. The molecule has 0 unspecified atom stereocenters. The third-order valence-electron chi connectivity index (χ3n) is 4.72. The monoisotopic (exact) mass is 406 g/mol. The topological polar surface area (TPSA) is 79.2 Å². The number of hydrogen-bond donors (Lipinski definition) is 1. The Labute approximate surface area is 174 Å². The lowest BCUT2D eigenvalue weighted by Gasteiger charge is -2.25. The molecule has 1 aliphatic heterocycles. The third-order valence-corrected chi connectivity index (χ3v) is 5.71. The molecule has 1 amide bonds. The summed E-state index contributed by atoms with van der Waals surface area (Å²) < 4.78 is 5.27. The quantitative estimate of drug-likeness (QED) is 0.702. The van der Waals surface area contributed by atoms with Crippen LogP contribution in [0.5, 0.6) is 0 Å². The molecule has 0 saturated heterocycles. The molecule has 1 heterocycles. The van der Waals surface area contributed by atoms with Gasteiger partial charge in [0.25, 0.3) is 0 Å². The van der Waals surface area contributed by atoms with Crippen molar-refractivity contribution in [1.82, 2.24) is 5.32 Å². The molecule has 0 fully saturated rings. The van der Waals surface area contributed by atoms with Gasteiger partial charge in [-0.1, -0.05) is 73.3 Å². The van der Waals surface area contributed by atoms with Crippen LogP contribution in [0.3, 0.4) is 0 Å². The predicted molar refractivity (Wildman–Crippen MR) is 113 cm³/mol. The van der Waals surface area contributed by atoms with Crippen LogP contribution in [-0.4, -0.2) is 17.6 Å². The fraction of sp³-hybridized carbons (Fsp3) is 0.261. The van der Waals surface area contributed by atoms with Gasteiger partial charge in [0.2, 0.25) is 5.91 Å². The zero-order valence-electron chi connectivity index (χ0n) is 16.2. The molecule has 0 bridgehead atoms. The van der Waals surface area contributed by atoms with Crippen LogP contribution in [0.25, 0.3) is 0 Å². The number of esters is 1. The van der Waals surface area contributed by atoms with Crippen molar-refractivity contribution in [3.05, 3.63) is 81.9 Å². The standard InChI is InChI=1S/C23H22N2O3S/c1-2-16-8-10-18(11-9-16)19-12-21(26)25-23(20(19)13-24)29-15-22(27)28-14-17-6-4-3-5-7-17/h3-11,19H,2,12,14-15H2,1H3,(H,25,26)/t19-/m1/s1. The highest BCUT2D eigenvalue weighted by atomic mass is 32.2. The fourth-order valence-electron chi connectivity index (χ4n) is 3.11. The highest BCUT2D eigenvalue weighted by molar-refractivity contribution is 8.03. The van der Waals surface area contributed by atoms with E-state index in [0.717, 1.165) is 29.3 Å². The predicted octanol–water partition coefficient (Wildman–Crippen LogP) is 4.06. The van der Waals surface area contributed by atoms with Gasteiger partial charge in [0.05, 0.1) is 22.4 Å². The highest BCUT2D eigenvalue weighted by Gasteiger charge is 2.29. The van der Waals surface area contributed by atoms with E-state index in [1.165, 1.54) is 5.56 Å². The second-order valence-corrected chi connectivity index (χ2v) is 7.68. The molecule has 5 nitrogen and oxygen atoms in total. The van der Waals surface area contributed by atoms with Gasteiger partial charge < -0.3 is 10.1 Å². The minimum absolute atomic E-state index is 0.0229. The lowest BCUT2D eigenvalue weighted by atomic mass is 9.86. The van der Waals surface area contributed by atoms with Gasteiger partial charge in [0.1, 0.15) is 6.61 Å². The van der Waals surface area contributed by atoms with E-state index in [9.17, 15) is 14.9 Å². The van der Waals surface area contributed by atoms with E-state index in [0.29, 0.717) is 10.6 Å². The van der Waals surface area contributed by atoms with Gasteiger partial charge >= 0.3 is 5.97 Å². The van der Waals surface area contributed by atoms with Crippen molar-refractivity contribution in [2.24, 2.45) is 0 Å². The number of nitrogens with one attached hydrogen (secondary N) is 1. The van der Waals surface area contributed by atoms with Crippen molar-refractivity contribution in [2.75, 3.05) is 5.75 Å². The smallest absolute Gasteiger partial charge is 0.316 e. The molecule has 6 heteroatoms. The maximum absolute atomic E-state index is 12.2. The van der Waals surface area contributed by atoms with Gasteiger partial charge in [0.15, 0.2) is 0 Å². The first kappa shape index (κ1) is 20.7. The molecule has 1 N–H and O–H groups in total. The molecule has 0 radical (unpaired) electrons. The lowest BCUT2D eigenvalue weighted by molar-refractivity contribution is -0.141. The average Bonchev–Trinajstić information content (AvgIpc) is 2.76. The van der Waals surface area contributed by atoms with Gasteiger partial charge in [-0.15, -0.1) is 0 Å². The first-order chi connectivity index (χ1) is 14.1. The van der Waals surface area contributed by atoms with Gasteiger partial charge in [0, 0.05) is 12.3 Å². The SMILES string of the molecule is CCc1ccc([C@H]2CC(=O)NC(SCC(=O)OCc3ccccc3)=C2C#N)cc1. The largest absolute Gasteiger partial charge is 0.460 e. The number of nitrogens with zero attached hydrogens (tertiary/aromatic N) is 1. The summed E-state index contributed by atoms with van der Waals surface area (Å²) in [4.78, 5) is 24.3. The summed E-state index contributed by atoms with van der Waals surface area (Å²) in [6.07, 6.45) is 1.15. The Balaban J connectivity index is 1.68. The first-order valence-electron chi connectivity index (χ1n) is 9.46. The summed E-state index contributed by atoms with van der Waals surface area (Å²) in [7, 11) is 0. The van der Waals surface area contributed by atoms with Gasteiger partial charge in [-0.3, -0.25) is 9.59 Å². The molecule has 2 aromatic carbocycles. The van der Waals surface area contributed by atoms with Gasteiger partial charge in [-0.25, -0.2) is 0 Å². The molecule has 0 aromatic heterocycles. The summed E-state index contributed by atoms with van der Waals surface area (Å²) >= 11 is 1.13. The number of nitriles is 1. The normalized spacial score (nSPS) is 16.1. The van der Waals surface area contributed by atoms with E-state index in [4.69, 9.17) is 4.74 Å². The molecule has 1 aliphatic rings. The Morgan fingerprint density at radius 3 is 2.55 bits per heavy atom. The van der Waals surface area contributed by atoms with E-state index in [-0.39, 0.29) is 30.6 Å². The number of rotatable bonds is 7. The minimum Gasteiger partial charge on any atom is -0.460 e. The van der Waals surface area contributed by atoms with E-state index in [2.05, 4.69) is 18.3 Å². The van der Waals surface area contributed by atoms with E-state index in [1.54, 1.807) is 0 Å². The lowest BCUT2D eigenvalue weighted by Crippen LogP contribution is -2.31. The Kier molecular flexibility index (Phi) is 7.09. The number of ether oxygens (including phenoxy) is 1. The van der Waals surface area contributed by atoms with Crippen LogP contribution in [0.2, 0.25) is 0 Å². The molecule has 1 atom stereocenters. The number of aryl methyl sites for hydroxylation is 1. The Bertz CT molecular complexity index is 946. The third kappa shape index (κ3) is 5.49. The molecule has 2 aromatic rings. The zero-order chi connectivity index (χ0) is 20.6. The number of thioether (sulfide) groups is 1. The molecule has 29 heavy (non-hydrogen) atoms. The number of allylic oxidation sites excluding steroid dienone is 1. The Morgan fingerprint density at radius 2 is 1.90 bits per heavy atom. The number of carbonyl (C=O) groups excluding carboxylic acids is 2. The Morgan fingerprint density at radius 1 is 1.17 bits per heavy atom. The number of carbonyl (C=O) groups is 2. The average molecular weight is 407 g/mol. The van der Waals surface area contributed by atoms with Crippen molar-refractivity contribution in [2.45, 2.75) is 32.3 Å². The van der Waals surface area contributed by atoms with Crippen molar-refractivity contribution >= 4 is 23.6 Å². The summed E-state index contributed by atoms with van der Waals surface area (Å²) in [5.41, 5.74) is 3.52. The highest BCUT2D eigenvalue weighted by Crippen LogP contribution is 2.36. The first-order valence-corrected chi connectivity index (χ1v) is 10.4. The van der Waals surface area contributed by atoms with Crippen LogP contribution in [0.15, 0.2) is 65.2 Å². The molecule has 0 spiro atoms. The maximum Gasteiger partial charge on any atom is 0.316 e. The molecular weight excluding hydrogens is 384 g/mol. The molecule has 0 saturated carbocycles. The van der Waals surface area contributed by atoms with Crippen molar-refractivity contribution in [3.8, 4) is 6.07 Å². The van der Waals surface area contributed by atoms with Crippen LogP contribution in [0, 0.1) is 11.3 Å². The molecule has 0 aliphatic carbocycles. The van der Waals surface area contributed by atoms with Crippen LogP contribution in [0.4, 0.5) is 0 Å². The number of amides is 1. The number of hydrogen-bond acceptors (Lipinski definition) is 5. The van der Waals surface area contributed by atoms with Crippen LogP contribution in [-0.2, 0) is 27.4 Å². The van der Waals surface area contributed by atoms with Crippen molar-refractivity contribution in [1.29, 1.82) is 5.26 Å². The summed E-state index contributed by atoms with van der Waals surface area (Å²) in [6.45, 7) is 2.28. The van der Waals surface area contributed by atoms with Crippen molar-refractivity contribution < 1.29 is 14.3 Å². The van der Waals surface area contributed by atoms with Crippen LogP contribution in [0.1, 0.15) is 36.0 Å². The van der Waals surface area contributed by atoms with Crippen molar-refractivity contribution in [3.63, 3.8) is 0 Å². The fourth-order valence-corrected chi connectivity index (χ4v) is 3.99. The van der Waals surface area contributed by atoms with Gasteiger partial charge in [-0.05, 0) is 23.1 Å². The second kappa shape index (κ2) is 9.94. The van der Waals surface area contributed by atoms with Crippen LogP contribution < -0.4 is 5.32 Å². The van der Waals surface area contributed by atoms with Crippen LogP contribution >= 0.6 is 11.8 Å². The minimum atomic E-state index is -0.396.